The van der Waals surface area contributed by atoms with E-state index in [1.807, 2.05) is 0 Å². The zero-order chi connectivity index (χ0) is 15.0. The molecule has 0 aliphatic carbocycles. The molecule has 20 heavy (non-hydrogen) atoms. The minimum Gasteiger partial charge on any atom is -0.480 e. The molecule has 1 aliphatic rings. The lowest BCUT2D eigenvalue weighted by molar-refractivity contribution is -0.139. The molecule has 0 bridgehead atoms. The van der Waals surface area contributed by atoms with Crippen LogP contribution in [0, 0.1) is 5.92 Å². The molecule has 116 valence electrons. The van der Waals surface area contributed by atoms with Gasteiger partial charge in [0.15, 0.2) is 0 Å². The number of carboxylic acid groups (broad SMARTS) is 1. The fourth-order valence-corrected chi connectivity index (χ4v) is 2.40. The van der Waals surface area contributed by atoms with Gasteiger partial charge in [0.2, 0.25) is 0 Å². The van der Waals surface area contributed by atoms with Gasteiger partial charge in [0.25, 0.3) is 0 Å². The lowest BCUT2D eigenvalue weighted by Gasteiger charge is -2.23. The maximum absolute atomic E-state index is 12.1. The number of ether oxygens (including phenoxy) is 1. The lowest BCUT2D eigenvalue weighted by atomic mass is 10.0. The predicted molar refractivity (Wildman–Crippen MR) is 75.7 cm³/mol. The average Bonchev–Trinajstić information content (AvgIpc) is 2.62. The summed E-state index contributed by atoms with van der Waals surface area (Å²) in [6.45, 7) is 4.10. The second-order valence-corrected chi connectivity index (χ2v) is 5.50. The summed E-state index contributed by atoms with van der Waals surface area (Å²) in [5, 5.41) is 11.8. The van der Waals surface area contributed by atoms with Gasteiger partial charge >= 0.3 is 12.0 Å². The number of methoxy groups -OCH3 is 1. The molecule has 2 unspecified atom stereocenters. The normalized spacial score (nSPS) is 21.1. The first-order chi connectivity index (χ1) is 9.54. The predicted octanol–water partition coefficient (Wildman–Crippen LogP) is 1.70. The van der Waals surface area contributed by atoms with Crippen molar-refractivity contribution in [3.05, 3.63) is 0 Å². The van der Waals surface area contributed by atoms with Crippen molar-refractivity contribution in [3.63, 3.8) is 0 Å². The number of carbonyl (C=O) groups is 2. The van der Waals surface area contributed by atoms with E-state index >= 15 is 0 Å². The largest absolute Gasteiger partial charge is 0.480 e. The Labute approximate surface area is 120 Å². The fraction of sp³-hybridized carbons (Fsp3) is 0.857. The Hall–Kier alpha value is -1.30. The van der Waals surface area contributed by atoms with Crippen molar-refractivity contribution in [2.75, 3.05) is 26.8 Å². The van der Waals surface area contributed by atoms with Crippen molar-refractivity contribution in [2.24, 2.45) is 5.92 Å². The van der Waals surface area contributed by atoms with E-state index in [1.165, 1.54) is 0 Å². The molecule has 2 atom stereocenters. The van der Waals surface area contributed by atoms with Crippen LogP contribution in [0.1, 0.15) is 39.0 Å². The maximum atomic E-state index is 12.1. The van der Waals surface area contributed by atoms with E-state index in [4.69, 9.17) is 9.84 Å². The van der Waals surface area contributed by atoms with Crippen molar-refractivity contribution in [1.29, 1.82) is 0 Å². The van der Waals surface area contributed by atoms with Crippen LogP contribution < -0.4 is 5.32 Å². The van der Waals surface area contributed by atoms with Gasteiger partial charge in [-0.05, 0) is 38.0 Å². The van der Waals surface area contributed by atoms with Gasteiger partial charge in [0.1, 0.15) is 6.04 Å². The number of carbonyl (C=O) groups excluding carboxylic acids is 1. The first-order valence-electron chi connectivity index (χ1n) is 7.31. The quantitative estimate of drug-likeness (QED) is 0.728. The number of aliphatic carboxylic acids is 1. The van der Waals surface area contributed by atoms with E-state index < -0.39 is 12.0 Å². The van der Waals surface area contributed by atoms with Gasteiger partial charge in [-0.2, -0.15) is 0 Å². The van der Waals surface area contributed by atoms with Crippen LogP contribution in [0.5, 0.6) is 0 Å². The van der Waals surface area contributed by atoms with Crippen LogP contribution in [0.3, 0.4) is 0 Å². The van der Waals surface area contributed by atoms with Gasteiger partial charge in [0.05, 0.1) is 0 Å². The van der Waals surface area contributed by atoms with E-state index in [0.29, 0.717) is 38.5 Å². The highest BCUT2D eigenvalue weighted by Crippen LogP contribution is 2.16. The number of rotatable bonds is 6. The third kappa shape index (κ3) is 5.77. The summed E-state index contributed by atoms with van der Waals surface area (Å²) in [7, 11) is 1.58. The summed E-state index contributed by atoms with van der Waals surface area (Å²) in [4.78, 5) is 25.0. The molecular weight excluding hydrogens is 260 g/mol. The van der Waals surface area contributed by atoms with E-state index in [1.54, 1.807) is 12.0 Å². The molecule has 0 saturated carbocycles. The Balaban J connectivity index is 2.45. The maximum Gasteiger partial charge on any atom is 0.326 e. The average molecular weight is 286 g/mol. The summed E-state index contributed by atoms with van der Waals surface area (Å²) in [5.74, 6) is -0.359. The molecule has 2 amide bonds. The number of nitrogens with one attached hydrogen (secondary N) is 1. The SMILES string of the molecule is COCCCC(NC(=O)N1CCCC(C)CC1)C(=O)O. The molecule has 0 radical (unpaired) electrons. The van der Waals surface area contributed by atoms with Gasteiger partial charge < -0.3 is 20.1 Å². The minimum absolute atomic E-state index is 0.260. The summed E-state index contributed by atoms with van der Waals surface area (Å²) in [6.07, 6.45) is 4.09. The van der Waals surface area contributed by atoms with Gasteiger partial charge in [-0.15, -0.1) is 0 Å². The third-order valence-corrected chi connectivity index (χ3v) is 3.74. The summed E-state index contributed by atoms with van der Waals surface area (Å²) in [6, 6.07) is -1.10. The number of carboxylic acids is 1. The van der Waals surface area contributed by atoms with Crippen LogP contribution in [0.15, 0.2) is 0 Å². The van der Waals surface area contributed by atoms with E-state index in [9.17, 15) is 9.59 Å². The second kappa shape index (κ2) is 8.79. The van der Waals surface area contributed by atoms with Crippen molar-refractivity contribution in [2.45, 2.75) is 45.1 Å². The molecule has 6 heteroatoms. The number of amides is 2. The minimum atomic E-state index is -0.988. The summed E-state index contributed by atoms with van der Waals surface area (Å²) < 4.78 is 4.91. The molecule has 1 fully saturated rings. The Bertz CT molecular complexity index is 322. The molecular formula is C14H26N2O4. The first-order valence-corrected chi connectivity index (χ1v) is 7.31. The van der Waals surface area contributed by atoms with Crippen LogP contribution >= 0.6 is 0 Å². The highest BCUT2D eigenvalue weighted by atomic mass is 16.5. The molecule has 1 rings (SSSR count). The highest BCUT2D eigenvalue weighted by Gasteiger charge is 2.24. The van der Waals surface area contributed by atoms with E-state index in [0.717, 1.165) is 19.3 Å². The molecule has 1 saturated heterocycles. The van der Waals surface area contributed by atoms with Crippen molar-refractivity contribution in [1.82, 2.24) is 10.2 Å². The Kier molecular flexibility index (Phi) is 7.36. The molecule has 0 spiro atoms. The highest BCUT2D eigenvalue weighted by molar-refractivity contribution is 5.82. The standard InChI is InChI=1S/C14H26N2O4/c1-11-5-3-8-16(9-7-11)14(19)15-12(13(17)18)6-4-10-20-2/h11-12H,3-10H2,1-2H3,(H,15,19)(H,17,18). The van der Waals surface area contributed by atoms with Crippen molar-refractivity contribution < 1.29 is 19.4 Å². The number of likely N-dealkylation sites (tertiary alicyclic amines) is 1. The number of hydrogen-bond donors (Lipinski definition) is 2. The smallest absolute Gasteiger partial charge is 0.326 e. The Morgan fingerprint density at radius 2 is 2.15 bits per heavy atom. The summed E-state index contributed by atoms with van der Waals surface area (Å²) >= 11 is 0. The molecule has 0 aromatic carbocycles. The molecule has 1 aliphatic heterocycles. The topological polar surface area (TPSA) is 78.9 Å². The molecule has 0 aromatic rings. The van der Waals surface area contributed by atoms with Crippen LogP contribution in [0.4, 0.5) is 4.79 Å². The Morgan fingerprint density at radius 3 is 2.80 bits per heavy atom. The van der Waals surface area contributed by atoms with Crippen LogP contribution in [0.2, 0.25) is 0 Å². The van der Waals surface area contributed by atoms with Crippen LogP contribution in [-0.2, 0) is 9.53 Å². The molecule has 0 aromatic heterocycles. The Morgan fingerprint density at radius 1 is 1.40 bits per heavy atom. The monoisotopic (exact) mass is 286 g/mol. The zero-order valence-corrected chi connectivity index (χ0v) is 12.4. The summed E-state index contributed by atoms with van der Waals surface area (Å²) in [5.41, 5.74) is 0. The van der Waals surface area contributed by atoms with Gasteiger partial charge in [0, 0.05) is 26.8 Å². The second-order valence-electron chi connectivity index (χ2n) is 5.50. The van der Waals surface area contributed by atoms with Crippen LogP contribution in [0.25, 0.3) is 0 Å². The van der Waals surface area contributed by atoms with Crippen molar-refractivity contribution >= 4 is 12.0 Å². The molecule has 1 heterocycles. The molecule has 2 N–H and O–H groups in total. The van der Waals surface area contributed by atoms with E-state index in [-0.39, 0.29) is 6.03 Å². The number of nitrogens with zero attached hydrogens (tertiary/aromatic N) is 1. The number of hydrogen-bond acceptors (Lipinski definition) is 3. The lowest BCUT2D eigenvalue weighted by Crippen LogP contribution is -2.48. The van der Waals surface area contributed by atoms with Crippen molar-refractivity contribution in [3.8, 4) is 0 Å². The number of urea groups is 1. The third-order valence-electron chi connectivity index (χ3n) is 3.74. The molecule has 6 nitrogen and oxygen atoms in total. The van der Waals surface area contributed by atoms with Gasteiger partial charge in [-0.3, -0.25) is 0 Å². The van der Waals surface area contributed by atoms with E-state index in [2.05, 4.69) is 12.2 Å². The first kappa shape index (κ1) is 16.8. The van der Waals surface area contributed by atoms with Crippen LogP contribution in [-0.4, -0.2) is 54.9 Å². The van der Waals surface area contributed by atoms with Gasteiger partial charge in [-0.25, -0.2) is 9.59 Å². The zero-order valence-electron chi connectivity index (χ0n) is 12.4. The fourth-order valence-electron chi connectivity index (χ4n) is 2.40. The van der Waals surface area contributed by atoms with Gasteiger partial charge in [-0.1, -0.05) is 6.92 Å².